The largest absolute Gasteiger partial charge is 0.303 e. The molecule has 0 saturated heterocycles. The number of allylic oxidation sites excluding steroid dienone is 4. The zero-order chi connectivity index (χ0) is 33.0. The molecule has 2 rings (SSSR count). The summed E-state index contributed by atoms with van der Waals surface area (Å²) in [6.07, 6.45) is 19.2. The molecule has 0 aromatic heterocycles. The molecular formula is C41H74N2. The van der Waals surface area contributed by atoms with Gasteiger partial charge in [0.25, 0.3) is 0 Å². The minimum atomic E-state index is 0.870. The Morgan fingerprint density at radius 2 is 1.33 bits per heavy atom. The Kier molecular flexibility index (Phi) is 29.0. The van der Waals surface area contributed by atoms with E-state index in [1.807, 2.05) is 6.21 Å². The van der Waals surface area contributed by atoms with Crippen LogP contribution in [0.4, 0.5) is 0 Å². The molecule has 0 bridgehead atoms. The first kappa shape index (κ1) is 43.2. The lowest BCUT2D eigenvalue weighted by Gasteiger charge is -2.19. The molecule has 0 radical (unpaired) electrons. The van der Waals surface area contributed by atoms with Crippen molar-refractivity contribution in [2.75, 3.05) is 19.6 Å². The van der Waals surface area contributed by atoms with Gasteiger partial charge in [0.2, 0.25) is 0 Å². The van der Waals surface area contributed by atoms with Crippen LogP contribution in [0.25, 0.3) is 11.1 Å². The third-order valence-electron chi connectivity index (χ3n) is 7.82. The zero-order valence-electron chi connectivity index (χ0n) is 31.0. The number of aryl methyl sites for hydroxylation is 1. The molecule has 0 amide bonds. The number of hydrogen-bond donors (Lipinski definition) is 0. The zero-order valence-corrected chi connectivity index (χ0v) is 31.0. The molecule has 0 aliphatic heterocycles. The second kappa shape index (κ2) is 28.8. The average molecular weight is 595 g/mol. The van der Waals surface area contributed by atoms with Gasteiger partial charge < -0.3 is 4.90 Å². The van der Waals surface area contributed by atoms with E-state index in [2.05, 4.69) is 117 Å². The summed E-state index contributed by atoms with van der Waals surface area (Å²) in [6, 6.07) is 6.54. The van der Waals surface area contributed by atoms with Crippen molar-refractivity contribution in [3.63, 3.8) is 0 Å². The molecule has 1 aliphatic rings. The molecule has 2 heteroatoms. The summed E-state index contributed by atoms with van der Waals surface area (Å²) in [5.41, 5.74) is 8.16. The molecule has 0 N–H and O–H groups in total. The van der Waals surface area contributed by atoms with Crippen molar-refractivity contribution in [1.82, 2.24) is 4.90 Å². The highest BCUT2D eigenvalue weighted by Crippen LogP contribution is 2.29. The van der Waals surface area contributed by atoms with E-state index in [1.54, 1.807) is 0 Å². The maximum absolute atomic E-state index is 4.48. The van der Waals surface area contributed by atoms with Crippen LogP contribution in [-0.4, -0.2) is 30.7 Å². The van der Waals surface area contributed by atoms with Gasteiger partial charge in [0.1, 0.15) is 0 Å². The van der Waals surface area contributed by atoms with Gasteiger partial charge in [-0.05, 0) is 101 Å². The SMILES string of the molecule is C=C(CC)N=CC(=C(C)C)c1ccc(C)cc1C(=C)CC.CC1CCCCC1.CCCCC.CCCN(CCC)CCC. The molecule has 2 nitrogen and oxygen atoms in total. The Labute approximate surface area is 271 Å². The van der Waals surface area contributed by atoms with Gasteiger partial charge in [-0.1, -0.05) is 149 Å². The van der Waals surface area contributed by atoms with E-state index in [0.29, 0.717) is 0 Å². The topological polar surface area (TPSA) is 15.6 Å². The summed E-state index contributed by atoms with van der Waals surface area (Å²) in [6.45, 7) is 36.1. The molecule has 0 unspecified atom stereocenters. The Bertz CT molecular complexity index is 878. The van der Waals surface area contributed by atoms with E-state index in [9.17, 15) is 0 Å². The van der Waals surface area contributed by atoms with Crippen LogP contribution in [0.2, 0.25) is 0 Å². The maximum atomic E-state index is 4.48. The van der Waals surface area contributed by atoms with Gasteiger partial charge in [0.15, 0.2) is 0 Å². The molecular weight excluding hydrogens is 520 g/mol. The van der Waals surface area contributed by atoms with Gasteiger partial charge in [-0.25, -0.2) is 0 Å². The van der Waals surface area contributed by atoms with Gasteiger partial charge in [-0.15, -0.1) is 0 Å². The van der Waals surface area contributed by atoms with Gasteiger partial charge >= 0.3 is 0 Å². The second-order valence-electron chi connectivity index (χ2n) is 12.5. The molecule has 1 aliphatic carbocycles. The van der Waals surface area contributed by atoms with Crippen LogP contribution < -0.4 is 0 Å². The Morgan fingerprint density at radius 1 is 0.791 bits per heavy atom. The molecule has 0 atom stereocenters. The molecule has 1 saturated carbocycles. The van der Waals surface area contributed by atoms with Crippen molar-refractivity contribution >= 4 is 17.4 Å². The highest BCUT2D eigenvalue weighted by molar-refractivity contribution is 6.12. The number of benzene rings is 1. The monoisotopic (exact) mass is 595 g/mol. The van der Waals surface area contributed by atoms with Crippen molar-refractivity contribution in [2.24, 2.45) is 10.9 Å². The molecule has 0 spiro atoms. The van der Waals surface area contributed by atoms with Crippen molar-refractivity contribution < 1.29 is 0 Å². The highest BCUT2D eigenvalue weighted by atomic mass is 15.1. The van der Waals surface area contributed by atoms with E-state index < -0.39 is 0 Å². The average Bonchev–Trinajstić information content (AvgIpc) is 2.99. The van der Waals surface area contributed by atoms with Crippen LogP contribution >= 0.6 is 0 Å². The number of hydrogen-bond acceptors (Lipinski definition) is 2. The molecule has 1 fully saturated rings. The van der Waals surface area contributed by atoms with E-state index in [-0.39, 0.29) is 0 Å². The standard InChI is InChI=1S/C20H27N.C9H21N.C7H14.C5H12/c1-8-16(6)19-12-15(5)10-11-18(19)20(14(3)4)13-21-17(7)9-2;1-4-7-10(8-5-2)9-6-3;1-7-5-3-2-4-6-7;1-3-5-4-2/h10-13H,6-9H2,1-5H3;4-9H2,1-3H3;7H,2-6H2,1H3;3-5H2,1-2H3. The van der Waals surface area contributed by atoms with Gasteiger partial charge in [0.05, 0.1) is 0 Å². The van der Waals surface area contributed by atoms with Crippen molar-refractivity contribution in [3.8, 4) is 0 Å². The van der Waals surface area contributed by atoms with Gasteiger partial charge in [0, 0.05) is 11.9 Å². The van der Waals surface area contributed by atoms with Crippen LogP contribution in [0.5, 0.6) is 0 Å². The van der Waals surface area contributed by atoms with Crippen LogP contribution in [-0.2, 0) is 0 Å². The summed E-state index contributed by atoms with van der Waals surface area (Å²) in [4.78, 5) is 7.02. The Morgan fingerprint density at radius 3 is 1.67 bits per heavy atom. The molecule has 248 valence electrons. The Balaban J connectivity index is 0. The quantitative estimate of drug-likeness (QED) is 0.196. The van der Waals surface area contributed by atoms with Crippen LogP contribution in [0.1, 0.15) is 169 Å². The van der Waals surface area contributed by atoms with E-state index in [0.717, 1.165) is 35.6 Å². The predicted octanol–water partition coefficient (Wildman–Crippen LogP) is 13.5. The normalized spacial score (nSPS) is 12.8. The van der Waals surface area contributed by atoms with E-state index in [4.69, 9.17) is 0 Å². The first-order valence-electron chi connectivity index (χ1n) is 18.0. The molecule has 1 aromatic carbocycles. The van der Waals surface area contributed by atoms with Gasteiger partial charge in [-0.2, -0.15) is 0 Å². The third kappa shape index (κ3) is 22.3. The summed E-state index contributed by atoms with van der Waals surface area (Å²) in [7, 11) is 0. The van der Waals surface area contributed by atoms with Crippen LogP contribution in [0, 0.1) is 12.8 Å². The lowest BCUT2D eigenvalue weighted by atomic mass is 9.91. The minimum Gasteiger partial charge on any atom is -0.303 e. The maximum Gasteiger partial charge on any atom is 0.0348 e. The molecule has 43 heavy (non-hydrogen) atoms. The number of unbranched alkanes of at least 4 members (excludes halogenated alkanes) is 2. The molecule has 1 aromatic rings. The van der Waals surface area contributed by atoms with Crippen LogP contribution in [0.3, 0.4) is 0 Å². The van der Waals surface area contributed by atoms with Gasteiger partial charge in [-0.3, -0.25) is 4.99 Å². The number of rotatable bonds is 14. The smallest absolute Gasteiger partial charge is 0.0348 e. The van der Waals surface area contributed by atoms with Crippen molar-refractivity contribution in [1.29, 1.82) is 0 Å². The van der Waals surface area contributed by atoms with E-state index >= 15 is 0 Å². The lowest BCUT2D eigenvalue weighted by Crippen LogP contribution is -2.25. The fourth-order valence-corrected chi connectivity index (χ4v) is 5.04. The predicted molar refractivity (Wildman–Crippen MR) is 201 cm³/mol. The molecule has 0 heterocycles. The van der Waals surface area contributed by atoms with Crippen LogP contribution in [0.15, 0.2) is 47.6 Å². The summed E-state index contributed by atoms with van der Waals surface area (Å²) < 4.78 is 0. The fraction of sp³-hybridized carbons (Fsp3) is 0.683. The van der Waals surface area contributed by atoms with E-state index in [1.165, 1.54) is 113 Å². The Hall–Kier alpha value is -1.93. The second-order valence-corrected chi connectivity index (χ2v) is 12.5. The lowest BCUT2D eigenvalue weighted by molar-refractivity contribution is 0.275. The summed E-state index contributed by atoms with van der Waals surface area (Å²) >= 11 is 0. The number of aliphatic imine (C=N–C) groups is 1. The number of nitrogens with zero attached hydrogens (tertiary/aromatic N) is 2. The third-order valence-corrected chi connectivity index (χ3v) is 7.82. The first-order chi connectivity index (χ1) is 20.6. The van der Waals surface area contributed by atoms with Crippen molar-refractivity contribution in [3.05, 3.63) is 59.3 Å². The van der Waals surface area contributed by atoms with Crippen molar-refractivity contribution in [2.45, 2.75) is 160 Å². The fourth-order valence-electron chi connectivity index (χ4n) is 5.04. The summed E-state index contributed by atoms with van der Waals surface area (Å²) in [5, 5.41) is 0. The minimum absolute atomic E-state index is 0.870. The first-order valence-corrected chi connectivity index (χ1v) is 18.0. The summed E-state index contributed by atoms with van der Waals surface area (Å²) in [5.74, 6) is 1.04. The highest BCUT2D eigenvalue weighted by Gasteiger charge is 2.10.